The van der Waals surface area contributed by atoms with Crippen molar-refractivity contribution in [1.29, 1.82) is 0 Å². The smallest absolute Gasteiger partial charge is 0.277 e. The standard InChI is InChI=1S/C16H14BrClN2O2/c1-11(12-6-8-13(17)9-7-12)19-20-16(21)10-22-15-5-3-2-4-14(15)18/h2-9H,10H2,1H3,(H,20,21). The predicted molar refractivity (Wildman–Crippen MR) is 91.4 cm³/mol. The van der Waals surface area contributed by atoms with Crippen molar-refractivity contribution in [1.82, 2.24) is 5.43 Å². The zero-order chi connectivity index (χ0) is 15.9. The van der Waals surface area contributed by atoms with Gasteiger partial charge in [-0.25, -0.2) is 5.43 Å². The monoisotopic (exact) mass is 380 g/mol. The largest absolute Gasteiger partial charge is 0.482 e. The minimum absolute atomic E-state index is 0.152. The second kappa shape index (κ2) is 7.96. The lowest BCUT2D eigenvalue weighted by molar-refractivity contribution is -0.123. The van der Waals surface area contributed by atoms with Gasteiger partial charge in [0.25, 0.3) is 5.91 Å². The normalized spacial score (nSPS) is 11.1. The highest BCUT2D eigenvalue weighted by molar-refractivity contribution is 9.10. The molecule has 2 aromatic carbocycles. The third-order valence-corrected chi connectivity index (χ3v) is 3.65. The molecule has 0 unspecified atom stereocenters. The van der Waals surface area contributed by atoms with Crippen LogP contribution < -0.4 is 10.2 Å². The van der Waals surface area contributed by atoms with Gasteiger partial charge in [-0.05, 0) is 36.8 Å². The van der Waals surface area contributed by atoms with Crippen molar-refractivity contribution in [3.63, 3.8) is 0 Å². The molecule has 0 aromatic heterocycles. The quantitative estimate of drug-likeness (QED) is 0.628. The number of ether oxygens (including phenoxy) is 1. The number of hydrogen-bond acceptors (Lipinski definition) is 3. The van der Waals surface area contributed by atoms with Crippen LogP contribution in [-0.2, 0) is 4.79 Å². The molecule has 0 spiro atoms. The molecule has 0 aliphatic carbocycles. The second-order valence-corrected chi connectivity index (χ2v) is 5.78. The molecule has 0 fully saturated rings. The molecule has 2 aromatic rings. The summed E-state index contributed by atoms with van der Waals surface area (Å²) in [5.74, 6) is 0.115. The Kier molecular flexibility index (Phi) is 5.98. The third kappa shape index (κ3) is 4.86. The van der Waals surface area contributed by atoms with Gasteiger partial charge < -0.3 is 4.74 Å². The Balaban J connectivity index is 1.88. The van der Waals surface area contributed by atoms with E-state index in [0.717, 1.165) is 10.0 Å². The lowest BCUT2D eigenvalue weighted by Crippen LogP contribution is -2.25. The molecule has 4 nitrogen and oxygen atoms in total. The summed E-state index contributed by atoms with van der Waals surface area (Å²) in [6.45, 7) is 1.67. The fourth-order valence-electron chi connectivity index (χ4n) is 1.64. The van der Waals surface area contributed by atoms with Crippen molar-refractivity contribution in [3.8, 4) is 5.75 Å². The van der Waals surface area contributed by atoms with Crippen molar-refractivity contribution in [3.05, 3.63) is 63.6 Å². The van der Waals surface area contributed by atoms with Gasteiger partial charge in [-0.3, -0.25) is 4.79 Å². The van der Waals surface area contributed by atoms with Crippen LogP contribution in [0.5, 0.6) is 5.75 Å². The van der Waals surface area contributed by atoms with Gasteiger partial charge in [0.05, 0.1) is 10.7 Å². The third-order valence-electron chi connectivity index (χ3n) is 2.81. The van der Waals surface area contributed by atoms with Crippen LogP contribution in [0.25, 0.3) is 0 Å². The highest BCUT2D eigenvalue weighted by atomic mass is 79.9. The number of halogens is 2. The number of carbonyl (C=O) groups excluding carboxylic acids is 1. The molecule has 0 saturated heterocycles. The first kappa shape index (κ1) is 16.5. The maximum Gasteiger partial charge on any atom is 0.277 e. The van der Waals surface area contributed by atoms with Crippen LogP contribution in [0.3, 0.4) is 0 Å². The Morgan fingerprint density at radius 1 is 1.23 bits per heavy atom. The summed E-state index contributed by atoms with van der Waals surface area (Å²) in [6, 6.07) is 14.6. The number of rotatable bonds is 5. The van der Waals surface area contributed by atoms with E-state index in [1.807, 2.05) is 31.2 Å². The van der Waals surface area contributed by atoms with Crippen LogP contribution in [0.4, 0.5) is 0 Å². The van der Waals surface area contributed by atoms with Crippen molar-refractivity contribution in [2.24, 2.45) is 5.10 Å². The Morgan fingerprint density at radius 3 is 2.59 bits per heavy atom. The lowest BCUT2D eigenvalue weighted by atomic mass is 10.1. The predicted octanol–water partition coefficient (Wildman–Crippen LogP) is 4.02. The van der Waals surface area contributed by atoms with Crippen molar-refractivity contribution >= 4 is 39.1 Å². The molecular weight excluding hydrogens is 368 g/mol. The van der Waals surface area contributed by atoms with E-state index in [1.54, 1.807) is 24.3 Å². The molecule has 0 radical (unpaired) electrons. The zero-order valence-corrected chi connectivity index (χ0v) is 14.2. The number of benzene rings is 2. The van der Waals surface area contributed by atoms with Crippen LogP contribution in [0.1, 0.15) is 12.5 Å². The van der Waals surface area contributed by atoms with Gasteiger partial charge in [0.15, 0.2) is 6.61 Å². The Morgan fingerprint density at radius 2 is 1.91 bits per heavy atom. The van der Waals surface area contributed by atoms with Gasteiger partial charge in [0.2, 0.25) is 0 Å². The number of hydrogen-bond donors (Lipinski definition) is 1. The maximum atomic E-state index is 11.7. The van der Waals surface area contributed by atoms with Gasteiger partial charge >= 0.3 is 0 Å². The molecule has 0 aliphatic heterocycles. The molecule has 0 aliphatic rings. The summed E-state index contributed by atoms with van der Waals surface area (Å²) in [5.41, 5.74) is 4.09. The maximum absolute atomic E-state index is 11.7. The van der Waals surface area contributed by atoms with Crippen molar-refractivity contribution in [2.45, 2.75) is 6.92 Å². The van der Waals surface area contributed by atoms with E-state index in [9.17, 15) is 4.79 Å². The first-order chi connectivity index (χ1) is 10.6. The summed E-state index contributed by atoms with van der Waals surface area (Å²) in [5, 5.41) is 4.51. The van der Waals surface area contributed by atoms with E-state index in [2.05, 4.69) is 26.5 Å². The zero-order valence-electron chi connectivity index (χ0n) is 11.8. The van der Waals surface area contributed by atoms with Crippen LogP contribution in [0.2, 0.25) is 5.02 Å². The SMILES string of the molecule is CC(=NNC(=O)COc1ccccc1Cl)c1ccc(Br)cc1. The number of para-hydroxylation sites is 1. The van der Waals surface area contributed by atoms with E-state index in [4.69, 9.17) is 16.3 Å². The van der Waals surface area contributed by atoms with E-state index >= 15 is 0 Å². The van der Waals surface area contributed by atoms with Gasteiger partial charge in [-0.2, -0.15) is 5.10 Å². The molecule has 0 atom stereocenters. The van der Waals surface area contributed by atoms with Gasteiger partial charge in [-0.1, -0.05) is 51.8 Å². The van der Waals surface area contributed by atoms with Crippen LogP contribution in [0.15, 0.2) is 58.1 Å². The molecule has 6 heteroatoms. The van der Waals surface area contributed by atoms with Crippen molar-refractivity contribution < 1.29 is 9.53 Å². The highest BCUT2D eigenvalue weighted by Crippen LogP contribution is 2.22. The molecular formula is C16H14BrClN2O2. The van der Waals surface area contributed by atoms with Gasteiger partial charge in [0, 0.05) is 4.47 Å². The van der Waals surface area contributed by atoms with Crippen LogP contribution >= 0.6 is 27.5 Å². The lowest BCUT2D eigenvalue weighted by Gasteiger charge is -2.07. The minimum atomic E-state index is -0.351. The first-order valence-corrected chi connectivity index (χ1v) is 7.70. The molecule has 1 amide bonds. The van der Waals surface area contributed by atoms with Crippen LogP contribution in [0, 0.1) is 0 Å². The molecule has 1 N–H and O–H groups in total. The van der Waals surface area contributed by atoms with E-state index < -0.39 is 0 Å². The fourth-order valence-corrected chi connectivity index (χ4v) is 2.09. The topological polar surface area (TPSA) is 50.7 Å². The van der Waals surface area contributed by atoms with Gasteiger partial charge in [-0.15, -0.1) is 0 Å². The molecule has 2 rings (SSSR count). The number of amides is 1. The number of carbonyl (C=O) groups is 1. The molecule has 114 valence electrons. The summed E-state index contributed by atoms with van der Waals surface area (Å²) >= 11 is 9.31. The van der Waals surface area contributed by atoms with E-state index in [0.29, 0.717) is 16.5 Å². The summed E-state index contributed by atoms with van der Waals surface area (Å²) < 4.78 is 6.32. The fraction of sp³-hybridized carbons (Fsp3) is 0.125. The highest BCUT2D eigenvalue weighted by Gasteiger charge is 2.05. The Bertz CT molecular complexity index is 687. The first-order valence-electron chi connectivity index (χ1n) is 6.52. The average molecular weight is 382 g/mol. The van der Waals surface area contributed by atoms with Crippen molar-refractivity contribution in [2.75, 3.05) is 6.61 Å². The number of nitrogens with zero attached hydrogens (tertiary/aromatic N) is 1. The van der Waals surface area contributed by atoms with Gasteiger partial charge in [0.1, 0.15) is 5.75 Å². The summed E-state index contributed by atoms with van der Waals surface area (Å²) in [7, 11) is 0. The second-order valence-electron chi connectivity index (χ2n) is 4.46. The minimum Gasteiger partial charge on any atom is -0.482 e. The average Bonchev–Trinajstić information content (AvgIpc) is 2.52. The molecule has 22 heavy (non-hydrogen) atoms. The molecule has 0 bridgehead atoms. The van der Waals surface area contributed by atoms with E-state index in [1.165, 1.54) is 0 Å². The molecule has 0 saturated carbocycles. The number of hydrazone groups is 1. The summed E-state index contributed by atoms with van der Waals surface area (Å²) in [4.78, 5) is 11.7. The van der Waals surface area contributed by atoms with E-state index in [-0.39, 0.29) is 12.5 Å². The Labute approximate surface area is 142 Å². The molecule has 0 heterocycles. The Hall–Kier alpha value is -1.85. The number of nitrogens with one attached hydrogen (secondary N) is 1. The summed E-state index contributed by atoms with van der Waals surface area (Å²) in [6.07, 6.45) is 0. The van der Waals surface area contributed by atoms with Crippen LogP contribution in [-0.4, -0.2) is 18.2 Å².